The van der Waals surface area contributed by atoms with Crippen molar-refractivity contribution >= 4 is 46.4 Å². The third-order valence-electron chi connectivity index (χ3n) is 9.41. The Kier molecular flexibility index (Phi) is 9.53. The second kappa shape index (κ2) is 14.0. The van der Waals surface area contributed by atoms with E-state index in [1.54, 1.807) is 32.9 Å². The fourth-order valence-corrected chi connectivity index (χ4v) is 6.78. The van der Waals surface area contributed by atoms with E-state index in [1.165, 1.54) is 18.5 Å². The first-order valence-electron chi connectivity index (χ1n) is 17.6. The average molecular weight is 752 g/mol. The van der Waals surface area contributed by atoms with Gasteiger partial charge in [-0.15, -0.1) is 0 Å². The molecule has 1 saturated carbocycles. The van der Waals surface area contributed by atoms with Gasteiger partial charge in [0.1, 0.15) is 35.2 Å². The van der Waals surface area contributed by atoms with Gasteiger partial charge in [0.25, 0.3) is 0 Å². The van der Waals surface area contributed by atoms with Crippen LogP contribution in [0.1, 0.15) is 63.6 Å². The lowest BCUT2D eigenvalue weighted by Crippen LogP contribution is -2.40. The van der Waals surface area contributed by atoms with Gasteiger partial charge in [-0.1, -0.05) is 6.07 Å². The average Bonchev–Trinajstić information content (AvgIpc) is 3.67. The van der Waals surface area contributed by atoms with Crippen LogP contribution in [0.25, 0.3) is 22.2 Å². The number of hydrogen-bond acceptors (Lipinski definition) is 9. The van der Waals surface area contributed by atoms with Crippen molar-refractivity contribution in [3.05, 3.63) is 54.0 Å². The van der Waals surface area contributed by atoms with E-state index in [9.17, 15) is 32.7 Å². The SMILES string of the molecule is CN1CCC(Oc2ccc(NC(=O)Nc3ccc(-c4cn(C5CC5)c5ncnc(N(C(=O)O)C(=O)OC(C)(C)C)c45)c4c3OCC4)cc2C(F)(F)F)CC1. The highest BCUT2D eigenvalue weighted by Gasteiger charge is 2.37. The first-order chi connectivity index (χ1) is 25.6. The summed E-state index contributed by atoms with van der Waals surface area (Å²) in [6, 6.07) is 6.05. The lowest BCUT2D eigenvalue weighted by molar-refractivity contribution is -0.139. The number of carbonyl (C=O) groups excluding carboxylic acids is 2. The highest BCUT2D eigenvalue weighted by atomic mass is 19.4. The van der Waals surface area contributed by atoms with Crippen molar-refractivity contribution in [3.63, 3.8) is 0 Å². The maximum absolute atomic E-state index is 14.1. The molecule has 0 atom stereocenters. The van der Waals surface area contributed by atoms with Crippen LogP contribution in [0.5, 0.6) is 11.5 Å². The van der Waals surface area contributed by atoms with Crippen molar-refractivity contribution in [1.29, 1.82) is 0 Å². The lowest BCUT2D eigenvalue weighted by atomic mass is 9.97. The molecule has 1 saturated heterocycles. The number of nitrogens with zero attached hydrogens (tertiary/aromatic N) is 5. The molecule has 2 aliphatic heterocycles. The van der Waals surface area contributed by atoms with E-state index < -0.39 is 35.6 Å². The van der Waals surface area contributed by atoms with Gasteiger partial charge in [0.15, 0.2) is 5.82 Å². The van der Waals surface area contributed by atoms with E-state index in [0.29, 0.717) is 57.6 Å². The third-order valence-corrected chi connectivity index (χ3v) is 9.41. The predicted octanol–water partition coefficient (Wildman–Crippen LogP) is 7.92. The number of hydrogen-bond donors (Lipinski definition) is 3. The Morgan fingerprint density at radius 3 is 2.41 bits per heavy atom. The van der Waals surface area contributed by atoms with Gasteiger partial charge in [-0.2, -0.15) is 18.1 Å². The zero-order valence-electron chi connectivity index (χ0n) is 30.1. The second-order valence-electron chi connectivity index (χ2n) is 14.7. The molecule has 2 fully saturated rings. The summed E-state index contributed by atoms with van der Waals surface area (Å²) in [5.41, 5.74) is 0.505. The van der Waals surface area contributed by atoms with Crippen LogP contribution in [0.3, 0.4) is 0 Å². The van der Waals surface area contributed by atoms with Gasteiger partial charge in [-0.25, -0.2) is 24.4 Å². The van der Waals surface area contributed by atoms with Gasteiger partial charge in [0.05, 0.1) is 23.2 Å². The summed E-state index contributed by atoms with van der Waals surface area (Å²) in [7, 11) is 1.95. The normalized spacial score (nSPS) is 16.4. The molecule has 3 aliphatic rings. The summed E-state index contributed by atoms with van der Waals surface area (Å²) in [4.78, 5) is 50.3. The van der Waals surface area contributed by atoms with E-state index >= 15 is 0 Å². The molecule has 7 rings (SSSR count). The highest BCUT2D eigenvalue weighted by Crippen LogP contribution is 2.47. The fraction of sp³-hybridized carbons (Fsp3) is 0.432. The summed E-state index contributed by atoms with van der Waals surface area (Å²) in [6.07, 6.45) is -1.34. The summed E-state index contributed by atoms with van der Waals surface area (Å²) < 4.78 is 61.4. The molecule has 2 aromatic carbocycles. The number of carboxylic acid groups (broad SMARTS) is 1. The van der Waals surface area contributed by atoms with E-state index in [-0.39, 0.29) is 41.7 Å². The lowest BCUT2D eigenvalue weighted by Gasteiger charge is -2.30. The Labute approximate surface area is 308 Å². The fourth-order valence-electron chi connectivity index (χ4n) is 6.78. The summed E-state index contributed by atoms with van der Waals surface area (Å²) in [5.74, 6) is -0.126. The topological polar surface area (TPSA) is 160 Å². The molecule has 17 heteroatoms. The van der Waals surface area contributed by atoms with Gasteiger partial charge in [0, 0.05) is 48.6 Å². The number of ether oxygens (including phenoxy) is 3. The number of benzene rings is 2. The van der Waals surface area contributed by atoms with Gasteiger partial charge in [-0.3, -0.25) is 0 Å². The number of piperidine rings is 1. The maximum atomic E-state index is 14.1. The number of nitrogens with one attached hydrogen (secondary N) is 2. The second-order valence-corrected chi connectivity index (χ2v) is 14.7. The molecule has 14 nitrogen and oxygen atoms in total. The maximum Gasteiger partial charge on any atom is 0.425 e. The van der Waals surface area contributed by atoms with Crippen LogP contribution in [0.2, 0.25) is 0 Å². The van der Waals surface area contributed by atoms with E-state index in [0.717, 1.165) is 32.0 Å². The van der Waals surface area contributed by atoms with Gasteiger partial charge in [0.2, 0.25) is 0 Å². The number of aromatic nitrogens is 3. The van der Waals surface area contributed by atoms with Gasteiger partial charge < -0.3 is 39.4 Å². The molecule has 0 spiro atoms. The molecule has 54 heavy (non-hydrogen) atoms. The van der Waals surface area contributed by atoms with E-state index in [1.807, 2.05) is 17.8 Å². The Hall–Kier alpha value is -5.58. The molecule has 4 aromatic rings. The van der Waals surface area contributed by atoms with Crippen LogP contribution in [-0.2, 0) is 17.3 Å². The van der Waals surface area contributed by atoms with E-state index in [4.69, 9.17) is 14.2 Å². The number of rotatable bonds is 7. The number of halogens is 3. The minimum atomic E-state index is -4.72. The third kappa shape index (κ3) is 7.58. The van der Waals surface area contributed by atoms with Gasteiger partial charge >= 0.3 is 24.4 Å². The van der Waals surface area contributed by atoms with Crippen molar-refractivity contribution in [2.24, 2.45) is 0 Å². The number of imide groups is 1. The molecular formula is C37H40F3N7O7. The molecule has 0 bridgehead atoms. The van der Waals surface area contributed by atoms with Crippen molar-refractivity contribution in [2.45, 2.75) is 76.8 Å². The minimum absolute atomic E-state index is 0.0851. The summed E-state index contributed by atoms with van der Waals surface area (Å²) in [5, 5.41) is 15.7. The highest BCUT2D eigenvalue weighted by molar-refractivity contribution is 6.15. The first kappa shape index (κ1) is 36.8. The molecule has 4 heterocycles. The van der Waals surface area contributed by atoms with Crippen molar-refractivity contribution < 1.29 is 46.9 Å². The number of amides is 4. The van der Waals surface area contributed by atoms with Crippen LogP contribution in [-0.4, -0.2) is 81.2 Å². The molecule has 2 aromatic heterocycles. The summed E-state index contributed by atoms with van der Waals surface area (Å²) in [6.45, 7) is 6.57. The molecule has 4 amide bonds. The Morgan fingerprint density at radius 1 is 1.00 bits per heavy atom. The smallest absolute Gasteiger partial charge is 0.425 e. The Bertz CT molecular complexity index is 2120. The Morgan fingerprint density at radius 2 is 1.74 bits per heavy atom. The number of fused-ring (bicyclic) bond motifs is 2. The van der Waals surface area contributed by atoms with Crippen molar-refractivity contribution in [3.8, 4) is 22.6 Å². The molecule has 286 valence electrons. The molecule has 1 aliphatic carbocycles. The molecule has 0 unspecified atom stereocenters. The van der Waals surface area contributed by atoms with Crippen LogP contribution < -0.4 is 25.0 Å². The Balaban J connectivity index is 1.19. The summed E-state index contributed by atoms with van der Waals surface area (Å²) >= 11 is 0. The molecule has 3 N–H and O–H groups in total. The zero-order chi connectivity index (χ0) is 38.5. The van der Waals surface area contributed by atoms with E-state index in [2.05, 4.69) is 25.5 Å². The van der Waals surface area contributed by atoms with Crippen molar-refractivity contribution in [2.75, 3.05) is 42.3 Å². The molecular weight excluding hydrogens is 711 g/mol. The number of anilines is 3. The van der Waals surface area contributed by atoms with Crippen LogP contribution in [0, 0.1) is 0 Å². The first-order valence-corrected chi connectivity index (χ1v) is 17.6. The number of urea groups is 1. The van der Waals surface area contributed by atoms with Crippen molar-refractivity contribution in [1.82, 2.24) is 19.4 Å². The largest absolute Gasteiger partial charge is 0.491 e. The molecule has 0 radical (unpaired) electrons. The predicted molar refractivity (Wildman–Crippen MR) is 192 cm³/mol. The standard InChI is InChI=1S/C37H40F3N7O7/c1-36(2,3)54-35(51)47(34(49)50)32-29-25(18-46(21-6-7-21)31(29)41-19-42-32)23-8-9-27(30-24(23)13-16-52-30)44-33(48)43-20-5-10-28(26(17-20)37(38,39)40)53-22-11-14-45(4)15-12-22/h5,8-10,17-19,21-22H,6-7,11-16H2,1-4H3,(H,49,50)(H2,43,44,48). The van der Waals surface area contributed by atoms with Gasteiger partial charge in [-0.05, 0) is 83.3 Å². The quantitative estimate of drug-likeness (QED) is 0.169. The van der Waals surface area contributed by atoms with Crippen LogP contribution in [0.4, 0.5) is 44.7 Å². The monoisotopic (exact) mass is 751 g/mol. The number of carbonyl (C=O) groups is 3. The number of likely N-dealkylation sites (tertiary alicyclic amines) is 1. The minimum Gasteiger partial charge on any atom is -0.491 e. The van der Waals surface area contributed by atoms with Crippen LogP contribution in [0.15, 0.2) is 42.9 Å². The number of alkyl halides is 3. The van der Waals surface area contributed by atoms with Crippen LogP contribution >= 0.6 is 0 Å². The zero-order valence-corrected chi connectivity index (χ0v) is 30.1.